The zero-order valence-corrected chi connectivity index (χ0v) is 10.8. The Hall–Kier alpha value is -1.12. The van der Waals surface area contributed by atoms with Crippen LogP contribution in [0.1, 0.15) is 45.0 Å². The van der Waals surface area contributed by atoms with Crippen LogP contribution in [0.4, 0.5) is 0 Å². The molecule has 0 aliphatic heterocycles. The van der Waals surface area contributed by atoms with E-state index in [9.17, 15) is 4.79 Å². The van der Waals surface area contributed by atoms with E-state index in [1.165, 1.54) is 0 Å². The standard InChI is InChI=1S/C13H22N2O/c1-5-11-9-12(15(4)14-11)6-7-13(16)8-10(2)3/h9-10H,5-8H2,1-4H3. The summed E-state index contributed by atoms with van der Waals surface area (Å²) in [6.07, 6.45) is 3.10. The molecule has 3 nitrogen and oxygen atoms in total. The van der Waals surface area contributed by atoms with Crippen LogP contribution in [0.2, 0.25) is 0 Å². The van der Waals surface area contributed by atoms with Crippen molar-refractivity contribution in [3.63, 3.8) is 0 Å². The summed E-state index contributed by atoms with van der Waals surface area (Å²) in [6.45, 7) is 6.25. The zero-order chi connectivity index (χ0) is 12.1. The van der Waals surface area contributed by atoms with Crippen molar-refractivity contribution in [1.82, 2.24) is 9.78 Å². The molecular weight excluding hydrogens is 200 g/mol. The normalized spacial score (nSPS) is 11.1. The molecule has 1 rings (SSSR count). The molecule has 0 saturated heterocycles. The van der Waals surface area contributed by atoms with Crippen molar-refractivity contribution in [3.8, 4) is 0 Å². The molecule has 16 heavy (non-hydrogen) atoms. The lowest BCUT2D eigenvalue weighted by atomic mass is 10.0. The highest BCUT2D eigenvalue weighted by molar-refractivity contribution is 5.78. The summed E-state index contributed by atoms with van der Waals surface area (Å²) in [6, 6.07) is 2.10. The number of aryl methyl sites for hydroxylation is 3. The molecule has 0 aliphatic carbocycles. The van der Waals surface area contributed by atoms with Crippen LogP contribution in [0.3, 0.4) is 0 Å². The Kier molecular flexibility index (Phi) is 4.71. The second-order valence-electron chi connectivity index (χ2n) is 4.74. The summed E-state index contributed by atoms with van der Waals surface area (Å²) in [5.41, 5.74) is 2.27. The first-order valence-electron chi connectivity index (χ1n) is 6.06. The highest BCUT2D eigenvalue weighted by Gasteiger charge is 2.08. The number of aromatic nitrogens is 2. The van der Waals surface area contributed by atoms with Crippen molar-refractivity contribution in [2.24, 2.45) is 13.0 Å². The first-order chi connectivity index (χ1) is 7.52. The first-order valence-corrected chi connectivity index (χ1v) is 6.06. The lowest BCUT2D eigenvalue weighted by molar-refractivity contribution is -0.119. The van der Waals surface area contributed by atoms with Crippen molar-refractivity contribution in [1.29, 1.82) is 0 Å². The monoisotopic (exact) mass is 222 g/mol. The Morgan fingerprint density at radius 1 is 1.50 bits per heavy atom. The molecule has 1 heterocycles. The number of nitrogens with zero attached hydrogens (tertiary/aromatic N) is 2. The summed E-state index contributed by atoms with van der Waals surface area (Å²) in [4.78, 5) is 11.6. The van der Waals surface area contributed by atoms with E-state index in [1.54, 1.807) is 0 Å². The second kappa shape index (κ2) is 5.83. The Balaban J connectivity index is 2.47. The van der Waals surface area contributed by atoms with Gasteiger partial charge >= 0.3 is 0 Å². The van der Waals surface area contributed by atoms with E-state index in [0.29, 0.717) is 24.5 Å². The van der Waals surface area contributed by atoms with Crippen LogP contribution in [-0.2, 0) is 24.7 Å². The van der Waals surface area contributed by atoms with Crippen molar-refractivity contribution in [3.05, 3.63) is 17.5 Å². The highest BCUT2D eigenvalue weighted by atomic mass is 16.1. The fraction of sp³-hybridized carbons (Fsp3) is 0.692. The molecule has 3 heteroatoms. The maximum absolute atomic E-state index is 11.6. The molecule has 0 aliphatic rings. The van der Waals surface area contributed by atoms with Gasteiger partial charge in [-0.1, -0.05) is 20.8 Å². The molecule has 0 aromatic carbocycles. The maximum atomic E-state index is 11.6. The van der Waals surface area contributed by atoms with E-state index >= 15 is 0 Å². The number of carbonyl (C=O) groups is 1. The third kappa shape index (κ3) is 3.80. The molecular formula is C13H22N2O. The number of hydrogen-bond donors (Lipinski definition) is 0. The first kappa shape index (κ1) is 12.9. The quantitative estimate of drug-likeness (QED) is 0.741. The van der Waals surface area contributed by atoms with E-state index in [4.69, 9.17) is 0 Å². The van der Waals surface area contributed by atoms with E-state index in [1.807, 2.05) is 11.7 Å². The van der Waals surface area contributed by atoms with Gasteiger partial charge in [-0.3, -0.25) is 9.48 Å². The van der Waals surface area contributed by atoms with E-state index in [-0.39, 0.29) is 0 Å². The third-order valence-electron chi connectivity index (χ3n) is 2.69. The number of ketones is 1. The van der Waals surface area contributed by atoms with Crippen molar-refractivity contribution < 1.29 is 4.79 Å². The van der Waals surface area contributed by atoms with E-state index < -0.39 is 0 Å². The van der Waals surface area contributed by atoms with Gasteiger partial charge in [-0.2, -0.15) is 5.10 Å². The molecule has 0 amide bonds. The number of hydrogen-bond acceptors (Lipinski definition) is 2. The van der Waals surface area contributed by atoms with Gasteiger partial charge < -0.3 is 0 Å². The molecule has 90 valence electrons. The fourth-order valence-electron chi connectivity index (χ4n) is 1.80. The molecule has 0 N–H and O–H groups in total. The summed E-state index contributed by atoms with van der Waals surface area (Å²) >= 11 is 0. The Morgan fingerprint density at radius 3 is 2.69 bits per heavy atom. The molecule has 0 radical (unpaired) electrons. The summed E-state index contributed by atoms with van der Waals surface area (Å²) in [5, 5.41) is 4.37. The average Bonchev–Trinajstić information content (AvgIpc) is 2.55. The van der Waals surface area contributed by atoms with Crippen molar-refractivity contribution in [2.45, 2.75) is 46.5 Å². The molecule has 0 saturated carbocycles. The minimum Gasteiger partial charge on any atom is -0.300 e. The largest absolute Gasteiger partial charge is 0.300 e. The van der Waals surface area contributed by atoms with Gasteiger partial charge in [0.2, 0.25) is 0 Å². The van der Waals surface area contributed by atoms with Gasteiger partial charge in [-0.25, -0.2) is 0 Å². The van der Waals surface area contributed by atoms with Gasteiger partial charge in [0.1, 0.15) is 5.78 Å². The second-order valence-corrected chi connectivity index (χ2v) is 4.74. The minimum absolute atomic E-state index is 0.356. The predicted molar refractivity (Wildman–Crippen MR) is 65.4 cm³/mol. The van der Waals surface area contributed by atoms with Gasteiger partial charge in [0.05, 0.1) is 5.69 Å². The lowest BCUT2D eigenvalue weighted by Crippen LogP contribution is -2.06. The molecule has 0 bridgehead atoms. The number of Topliss-reactive ketones (excluding diaryl/α,β-unsaturated/α-hetero) is 1. The summed E-state index contributed by atoms with van der Waals surface area (Å²) in [5.74, 6) is 0.819. The predicted octanol–water partition coefficient (Wildman–Crippen LogP) is 2.53. The molecule has 1 aromatic heterocycles. The van der Waals surface area contributed by atoms with Crippen LogP contribution in [0, 0.1) is 5.92 Å². The summed E-state index contributed by atoms with van der Waals surface area (Å²) < 4.78 is 1.89. The maximum Gasteiger partial charge on any atom is 0.133 e. The number of rotatable bonds is 6. The summed E-state index contributed by atoms with van der Waals surface area (Å²) in [7, 11) is 1.95. The molecule has 0 spiro atoms. The third-order valence-corrected chi connectivity index (χ3v) is 2.69. The van der Waals surface area contributed by atoms with Gasteiger partial charge in [-0.15, -0.1) is 0 Å². The van der Waals surface area contributed by atoms with Gasteiger partial charge in [0.15, 0.2) is 0 Å². The van der Waals surface area contributed by atoms with Crippen molar-refractivity contribution >= 4 is 5.78 Å². The smallest absolute Gasteiger partial charge is 0.133 e. The van der Waals surface area contributed by atoms with Crippen molar-refractivity contribution in [2.75, 3.05) is 0 Å². The minimum atomic E-state index is 0.356. The van der Waals surface area contributed by atoms with E-state index in [2.05, 4.69) is 31.9 Å². The van der Waals surface area contributed by atoms with Gasteiger partial charge in [-0.05, 0) is 24.8 Å². The van der Waals surface area contributed by atoms with Crippen LogP contribution in [0.25, 0.3) is 0 Å². The zero-order valence-electron chi connectivity index (χ0n) is 10.8. The molecule has 0 fully saturated rings. The average molecular weight is 222 g/mol. The topological polar surface area (TPSA) is 34.9 Å². The molecule has 1 aromatic rings. The molecule has 0 unspecified atom stereocenters. The van der Waals surface area contributed by atoms with E-state index in [0.717, 1.165) is 24.2 Å². The van der Waals surface area contributed by atoms with Crippen LogP contribution in [-0.4, -0.2) is 15.6 Å². The van der Waals surface area contributed by atoms with Crippen LogP contribution < -0.4 is 0 Å². The fourth-order valence-corrected chi connectivity index (χ4v) is 1.80. The highest BCUT2D eigenvalue weighted by Crippen LogP contribution is 2.09. The van der Waals surface area contributed by atoms with Crippen LogP contribution >= 0.6 is 0 Å². The van der Waals surface area contributed by atoms with Gasteiger partial charge in [0.25, 0.3) is 0 Å². The molecule has 0 atom stereocenters. The Labute approximate surface area is 97.8 Å². The SMILES string of the molecule is CCc1cc(CCC(=O)CC(C)C)n(C)n1. The number of carbonyl (C=O) groups excluding carboxylic acids is 1. The lowest BCUT2D eigenvalue weighted by Gasteiger charge is -2.04. The van der Waals surface area contributed by atoms with Crippen LogP contribution in [0.5, 0.6) is 0 Å². The van der Waals surface area contributed by atoms with Crippen LogP contribution in [0.15, 0.2) is 6.07 Å². The Morgan fingerprint density at radius 2 is 2.19 bits per heavy atom. The Bertz CT molecular complexity index is 353. The van der Waals surface area contributed by atoms with Gasteiger partial charge in [0, 0.05) is 25.6 Å².